The first-order valence-corrected chi connectivity index (χ1v) is 7.26. The molecule has 0 aliphatic carbocycles. The van der Waals surface area contributed by atoms with Crippen molar-refractivity contribution in [3.8, 4) is 0 Å². The van der Waals surface area contributed by atoms with Gasteiger partial charge >= 0.3 is 5.97 Å². The number of aromatic nitrogens is 2. The Morgan fingerprint density at radius 3 is 2.96 bits per heavy atom. The van der Waals surface area contributed by atoms with Crippen molar-refractivity contribution in [3.05, 3.63) is 40.4 Å². The first-order valence-electron chi connectivity index (χ1n) is 7.26. The second-order valence-corrected chi connectivity index (χ2v) is 5.03. The molecular formula is C16H16N2O5. The number of H-pyrrole nitrogens is 1. The zero-order valence-electron chi connectivity index (χ0n) is 12.6. The van der Waals surface area contributed by atoms with Crippen LogP contribution in [-0.2, 0) is 20.9 Å². The van der Waals surface area contributed by atoms with Gasteiger partial charge in [-0.1, -0.05) is 12.1 Å². The Hall–Kier alpha value is -2.67. The summed E-state index contributed by atoms with van der Waals surface area (Å²) in [4.78, 5) is 29.8. The molecule has 1 aromatic carbocycles. The van der Waals surface area contributed by atoms with E-state index in [4.69, 9.17) is 13.9 Å². The summed E-state index contributed by atoms with van der Waals surface area (Å²) in [5, 5.41) is 0.796. The number of furan rings is 1. The molecule has 0 amide bonds. The van der Waals surface area contributed by atoms with Gasteiger partial charge in [0.2, 0.25) is 5.58 Å². The lowest BCUT2D eigenvalue weighted by molar-refractivity contribution is -0.141. The number of carbonyl (C=O) groups excluding carboxylic acids is 1. The zero-order valence-corrected chi connectivity index (χ0v) is 12.6. The molecule has 2 heterocycles. The lowest BCUT2D eigenvalue weighted by Crippen LogP contribution is -2.12. The Kier molecular flexibility index (Phi) is 4.38. The molecule has 3 aromatic rings. The third-order valence-corrected chi connectivity index (χ3v) is 3.26. The van der Waals surface area contributed by atoms with Crippen molar-refractivity contribution in [3.63, 3.8) is 0 Å². The number of aromatic amines is 1. The van der Waals surface area contributed by atoms with E-state index in [1.54, 1.807) is 6.07 Å². The molecule has 0 aliphatic heterocycles. The number of para-hydroxylation sites is 1. The van der Waals surface area contributed by atoms with Crippen LogP contribution in [0.15, 0.2) is 33.5 Å². The van der Waals surface area contributed by atoms with Crippen molar-refractivity contribution < 1.29 is 18.7 Å². The van der Waals surface area contributed by atoms with Crippen molar-refractivity contribution in [2.75, 3.05) is 13.2 Å². The van der Waals surface area contributed by atoms with E-state index in [2.05, 4.69) is 9.97 Å². The summed E-state index contributed by atoms with van der Waals surface area (Å²) in [6, 6.07) is 7.36. The van der Waals surface area contributed by atoms with Crippen LogP contribution in [-0.4, -0.2) is 29.2 Å². The maximum atomic E-state index is 12.1. The van der Waals surface area contributed by atoms with Crippen LogP contribution in [0.3, 0.4) is 0 Å². The van der Waals surface area contributed by atoms with E-state index in [-0.39, 0.29) is 23.7 Å². The van der Waals surface area contributed by atoms with Gasteiger partial charge in [0, 0.05) is 18.7 Å². The number of nitrogens with one attached hydrogen (secondary N) is 1. The number of fused-ring (bicyclic) bond motifs is 3. The topological polar surface area (TPSA) is 94.4 Å². The molecule has 1 N–H and O–H groups in total. The predicted molar refractivity (Wildman–Crippen MR) is 83.0 cm³/mol. The quantitative estimate of drug-likeness (QED) is 0.553. The van der Waals surface area contributed by atoms with Gasteiger partial charge < -0.3 is 18.9 Å². The van der Waals surface area contributed by atoms with Gasteiger partial charge in [0.25, 0.3) is 5.56 Å². The number of nitrogens with zero attached hydrogens (tertiary/aromatic N) is 1. The molecule has 0 saturated carbocycles. The first kappa shape index (κ1) is 15.2. The maximum absolute atomic E-state index is 12.1. The van der Waals surface area contributed by atoms with E-state index in [0.717, 1.165) is 5.39 Å². The van der Waals surface area contributed by atoms with Gasteiger partial charge in [-0.25, -0.2) is 4.98 Å². The van der Waals surface area contributed by atoms with E-state index >= 15 is 0 Å². The van der Waals surface area contributed by atoms with Gasteiger partial charge in [-0.05, 0) is 12.1 Å². The molecular weight excluding hydrogens is 300 g/mol. The molecule has 0 atom stereocenters. The largest absolute Gasteiger partial charge is 0.466 e. The monoisotopic (exact) mass is 316 g/mol. The number of hydrogen-bond acceptors (Lipinski definition) is 6. The van der Waals surface area contributed by atoms with Gasteiger partial charge in [0.05, 0.1) is 13.2 Å². The fraction of sp³-hybridized carbons (Fsp3) is 0.312. The molecule has 3 rings (SSSR count). The van der Waals surface area contributed by atoms with Gasteiger partial charge in [-0.15, -0.1) is 0 Å². The van der Waals surface area contributed by atoms with Crippen molar-refractivity contribution in [1.82, 2.24) is 9.97 Å². The summed E-state index contributed by atoms with van der Waals surface area (Å²) in [7, 11) is 0. The molecule has 0 unspecified atom stereocenters. The molecule has 0 bridgehead atoms. The van der Waals surface area contributed by atoms with Crippen LogP contribution in [0.4, 0.5) is 0 Å². The molecule has 0 aliphatic rings. The summed E-state index contributed by atoms with van der Waals surface area (Å²) < 4.78 is 15.8. The summed E-state index contributed by atoms with van der Waals surface area (Å²) >= 11 is 0. The molecule has 0 fully saturated rings. The van der Waals surface area contributed by atoms with E-state index in [1.807, 2.05) is 18.2 Å². The highest BCUT2D eigenvalue weighted by Gasteiger charge is 2.12. The van der Waals surface area contributed by atoms with Crippen LogP contribution in [0.2, 0.25) is 0 Å². The zero-order chi connectivity index (χ0) is 16.2. The molecule has 23 heavy (non-hydrogen) atoms. The van der Waals surface area contributed by atoms with Gasteiger partial charge in [-0.2, -0.15) is 0 Å². The van der Waals surface area contributed by atoms with Crippen molar-refractivity contribution in [2.24, 2.45) is 0 Å². The van der Waals surface area contributed by atoms with Gasteiger partial charge in [0.1, 0.15) is 23.5 Å². The number of esters is 1. The van der Waals surface area contributed by atoms with Crippen LogP contribution in [0.25, 0.3) is 22.1 Å². The highest BCUT2D eigenvalue weighted by atomic mass is 16.5. The number of carbonyl (C=O) groups is 1. The maximum Gasteiger partial charge on any atom is 0.302 e. The lowest BCUT2D eigenvalue weighted by Gasteiger charge is -2.04. The van der Waals surface area contributed by atoms with Crippen LogP contribution in [0.5, 0.6) is 0 Å². The molecule has 7 heteroatoms. The molecule has 0 saturated heterocycles. The van der Waals surface area contributed by atoms with Gasteiger partial charge in [0.15, 0.2) is 0 Å². The predicted octanol–water partition coefficient (Wildman–Crippen LogP) is 2.14. The lowest BCUT2D eigenvalue weighted by atomic mass is 10.2. The Morgan fingerprint density at radius 2 is 2.13 bits per heavy atom. The van der Waals surface area contributed by atoms with Crippen molar-refractivity contribution in [1.29, 1.82) is 0 Å². The number of rotatable bonds is 6. The number of benzene rings is 1. The Labute approximate surface area is 131 Å². The highest BCUT2D eigenvalue weighted by Crippen LogP contribution is 2.24. The Bertz CT molecular complexity index is 896. The SMILES string of the molecule is CC(=O)OCCCOCc1nc2c(oc3ccccc32)c(=O)[nH]1. The van der Waals surface area contributed by atoms with Crippen LogP contribution >= 0.6 is 0 Å². The van der Waals surface area contributed by atoms with Crippen molar-refractivity contribution in [2.45, 2.75) is 20.0 Å². The van der Waals surface area contributed by atoms with E-state index in [1.165, 1.54) is 6.92 Å². The highest BCUT2D eigenvalue weighted by molar-refractivity contribution is 6.01. The number of hydrogen-bond donors (Lipinski definition) is 1. The smallest absolute Gasteiger partial charge is 0.302 e. The molecule has 2 aromatic heterocycles. The normalized spacial score (nSPS) is 11.2. The van der Waals surface area contributed by atoms with E-state index in [0.29, 0.717) is 36.6 Å². The summed E-state index contributed by atoms with van der Waals surface area (Å²) in [5.74, 6) is 0.120. The second-order valence-electron chi connectivity index (χ2n) is 5.03. The van der Waals surface area contributed by atoms with Gasteiger partial charge in [-0.3, -0.25) is 9.59 Å². The summed E-state index contributed by atoms with van der Waals surface area (Å²) in [6.07, 6.45) is 0.584. The van der Waals surface area contributed by atoms with Crippen LogP contribution in [0.1, 0.15) is 19.2 Å². The number of ether oxygens (including phenoxy) is 2. The molecule has 7 nitrogen and oxygen atoms in total. The molecule has 120 valence electrons. The minimum atomic E-state index is -0.329. The average molecular weight is 316 g/mol. The van der Waals surface area contributed by atoms with E-state index in [9.17, 15) is 9.59 Å². The first-order chi connectivity index (χ1) is 11.1. The Morgan fingerprint density at radius 1 is 1.30 bits per heavy atom. The fourth-order valence-electron chi connectivity index (χ4n) is 2.26. The van der Waals surface area contributed by atoms with E-state index < -0.39 is 0 Å². The second kappa shape index (κ2) is 6.62. The van der Waals surface area contributed by atoms with Crippen LogP contribution in [0, 0.1) is 0 Å². The van der Waals surface area contributed by atoms with Crippen LogP contribution < -0.4 is 5.56 Å². The molecule has 0 radical (unpaired) electrons. The third kappa shape index (κ3) is 3.40. The fourth-order valence-corrected chi connectivity index (χ4v) is 2.26. The Balaban J connectivity index is 1.71. The minimum absolute atomic E-state index is 0.171. The minimum Gasteiger partial charge on any atom is -0.466 e. The third-order valence-electron chi connectivity index (χ3n) is 3.26. The summed E-state index contributed by atoms with van der Waals surface area (Å²) in [6.45, 7) is 2.25. The average Bonchev–Trinajstić information content (AvgIpc) is 2.90. The molecule has 0 spiro atoms. The summed E-state index contributed by atoms with van der Waals surface area (Å²) in [5.41, 5.74) is 1.04. The van der Waals surface area contributed by atoms with Crippen molar-refractivity contribution >= 4 is 28.0 Å². The standard InChI is InChI=1S/C16H16N2O5/c1-10(19)22-8-4-7-21-9-13-17-14-11-5-2-3-6-12(11)23-15(14)16(20)18-13/h2-3,5-6H,4,7-9H2,1H3,(H,17,18,20).